The maximum absolute atomic E-state index is 10.3. The average molecular weight is 432 g/mol. The second kappa shape index (κ2) is 23.1. The van der Waals surface area contributed by atoms with Crippen LogP contribution in [0.3, 0.4) is 0 Å². The predicted molar refractivity (Wildman–Crippen MR) is 104 cm³/mol. The number of carboxylic acids is 2. The first-order chi connectivity index (χ1) is 12.4. The molecule has 0 aromatic heterocycles. The molecule has 0 saturated heterocycles. The Labute approximate surface area is 179 Å². The minimum absolute atomic E-state index is 0. The van der Waals surface area contributed by atoms with Crippen LogP contribution in [0.15, 0.2) is 23.3 Å². The molecule has 0 aromatic rings. The van der Waals surface area contributed by atoms with Crippen LogP contribution in [0.2, 0.25) is 0 Å². The van der Waals surface area contributed by atoms with E-state index >= 15 is 0 Å². The van der Waals surface area contributed by atoms with Gasteiger partial charge in [-0.05, 0) is 63.5 Å². The minimum atomic E-state index is -1.05. The fourth-order valence-electron chi connectivity index (χ4n) is 2.49. The maximum Gasteiger partial charge on any atom is 2.00 e. The van der Waals surface area contributed by atoms with Crippen molar-refractivity contribution in [2.24, 2.45) is 0 Å². The molecule has 0 unspecified atom stereocenters. The van der Waals surface area contributed by atoms with Crippen molar-refractivity contribution >= 4 is 11.9 Å². The molecule has 0 atom stereocenters. The van der Waals surface area contributed by atoms with E-state index < -0.39 is 11.9 Å². The molecule has 0 spiro atoms. The Balaban J connectivity index is -0.000000411. The van der Waals surface area contributed by atoms with Gasteiger partial charge in [0.1, 0.15) is 0 Å². The molecule has 0 rings (SSSR count). The van der Waals surface area contributed by atoms with Crippen LogP contribution >= 0.6 is 0 Å². The zero-order chi connectivity index (χ0) is 20.2. The maximum atomic E-state index is 10.3. The van der Waals surface area contributed by atoms with E-state index in [1.165, 1.54) is 12.2 Å². The standard InChI is InChI=1S/2C11H20O2.Zn/c2*1-3-5-7-10(8-6-4-2)9-11(12)13;/h2*9H,3-8H2,1-2H3,(H,12,13);/q;;+2/p-2. The normalized spacial score (nSPS) is 9.33. The largest absolute Gasteiger partial charge is 2.00 e. The Hall–Kier alpha value is -0.957. The molecule has 0 N–H and O–H groups in total. The Kier molecular flexibility index (Phi) is 26.3. The molecule has 0 radical (unpaired) electrons. The number of carboxylic acid groups (broad SMARTS) is 2. The zero-order valence-electron chi connectivity index (χ0n) is 18.0. The summed E-state index contributed by atoms with van der Waals surface area (Å²) in [6.45, 7) is 8.43. The third kappa shape index (κ3) is 25.0. The molecular formula is C22H38O4Zn. The first-order valence-electron chi connectivity index (χ1n) is 10.2. The van der Waals surface area contributed by atoms with Crippen molar-refractivity contribution in [1.82, 2.24) is 0 Å². The Morgan fingerprint density at radius 2 is 0.815 bits per heavy atom. The topological polar surface area (TPSA) is 80.3 Å². The van der Waals surface area contributed by atoms with Crippen LogP contribution in [0.25, 0.3) is 0 Å². The summed E-state index contributed by atoms with van der Waals surface area (Å²) in [5.41, 5.74) is 2.06. The van der Waals surface area contributed by atoms with Gasteiger partial charge in [0.2, 0.25) is 0 Å². The molecule has 5 heteroatoms. The van der Waals surface area contributed by atoms with Crippen LogP contribution in [0.4, 0.5) is 0 Å². The molecule has 0 fully saturated rings. The van der Waals surface area contributed by atoms with Crippen LogP contribution < -0.4 is 10.2 Å². The third-order valence-electron chi connectivity index (χ3n) is 4.05. The molecule has 27 heavy (non-hydrogen) atoms. The SMILES string of the molecule is CCCCC(=CC(=O)[O-])CCCC.CCCCC(=CC(=O)[O-])CCCC.[Zn+2]. The molecule has 0 aliphatic carbocycles. The molecule has 4 nitrogen and oxygen atoms in total. The summed E-state index contributed by atoms with van der Waals surface area (Å²) in [6.07, 6.45) is 14.9. The van der Waals surface area contributed by atoms with Crippen LogP contribution in [0, 0.1) is 0 Å². The molecular weight excluding hydrogens is 394 g/mol. The van der Waals surface area contributed by atoms with E-state index in [4.69, 9.17) is 0 Å². The van der Waals surface area contributed by atoms with Gasteiger partial charge in [-0.1, -0.05) is 64.5 Å². The summed E-state index contributed by atoms with van der Waals surface area (Å²) in [7, 11) is 0. The van der Waals surface area contributed by atoms with E-state index in [1.54, 1.807) is 0 Å². The number of allylic oxidation sites excluding steroid dienone is 2. The van der Waals surface area contributed by atoms with Crippen molar-refractivity contribution in [2.45, 2.75) is 105 Å². The molecule has 0 aliphatic heterocycles. The predicted octanol–water partition coefficient (Wildman–Crippen LogP) is 4.08. The van der Waals surface area contributed by atoms with E-state index in [1.807, 2.05) is 0 Å². The third-order valence-corrected chi connectivity index (χ3v) is 4.05. The average Bonchev–Trinajstić information content (AvgIpc) is 2.59. The van der Waals surface area contributed by atoms with Crippen LogP contribution in [0.5, 0.6) is 0 Å². The fourth-order valence-corrected chi connectivity index (χ4v) is 2.49. The van der Waals surface area contributed by atoms with Crippen molar-refractivity contribution in [3.8, 4) is 0 Å². The molecule has 0 bridgehead atoms. The Bertz CT molecular complexity index is 368. The van der Waals surface area contributed by atoms with Crippen LogP contribution in [-0.2, 0) is 29.1 Å². The summed E-state index contributed by atoms with van der Waals surface area (Å²) in [4.78, 5) is 20.7. The number of hydrogen-bond donors (Lipinski definition) is 0. The number of unbranched alkanes of at least 4 members (excludes halogenated alkanes) is 4. The van der Waals surface area contributed by atoms with Crippen LogP contribution in [0.1, 0.15) is 105 Å². The van der Waals surface area contributed by atoms with Gasteiger partial charge in [0, 0.05) is 0 Å². The van der Waals surface area contributed by atoms with Crippen molar-refractivity contribution in [3.05, 3.63) is 23.3 Å². The van der Waals surface area contributed by atoms with Gasteiger partial charge < -0.3 is 19.8 Å². The van der Waals surface area contributed by atoms with Gasteiger partial charge in [0.05, 0.1) is 11.9 Å². The van der Waals surface area contributed by atoms with Crippen LogP contribution in [-0.4, -0.2) is 11.9 Å². The summed E-state index contributed by atoms with van der Waals surface area (Å²) < 4.78 is 0. The number of aliphatic carboxylic acids is 2. The summed E-state index contributed by atoms with van der Waals surface area (Å²) in [6, 6.07) is 0. The van der Waals surface area contributed by atoms with Crippen molar-refractivity contribution in [1.29, 1.82) is 0 Å². The summed E-state index contributed by atoms with van der Waals surface area (Å²) in [5, 5.41) is 20.7. The first kappa shape index (κ1) is 30.8. The van der Waals surface area contributed by atoms with Crippen molar-refractivity contribution < 1.29 is 39.3 Å². The van der Waals surface area contributed by atoms with Gasteiger partial charge in [-0.2, -0.15) is 0 Å². The van der Waals surface area contributed by atoms with E-state index in [9.17, 15) is 19.8 Å². The van der Waals surface area contributed by atoms with E-state index in [-0.39, 0.29) is 19.5 Å². The number of carbonyl (C=O) groups excluding carboxylic acids is 2. The summed E-state index contributed by atoms with van der Waals surface area (Å²) >= 11 is 0. The van der Waals surface area contributed by atoms with E-state index in [0.29, 0.717) is 0 Å². The smallest absolute Gasteiger partial charge is 0.545 e. The second-order valence-corrected chi connectivity index (χ2v) is 6.66. The Morgan fingerprint density at radius 1 is 0.593 bits per heavy atom. The minimum Gasteiger partial charge on any atom is -0.545 e. The van der Waals surface area contributed by atoms with Gasteiger partial charge in [0.15, 0.2) is 0 Å². The molecule has 0 aliphatic rings. The van der Waals surface area contributed by atoms with Crippen molar-refractivity contribution in [3.63, 3.8) is 0 Å². The Morgan fingerprint density at radius 3 is 0.963 bits per heavy atom. The monoisotopic (exact) mass is 430 g/mol. The molecule has 152 valence electrons. The number of rotatable bonds is 14. The number of hydrogen-bond acceptors (Lipinski definition) is 4. The van der Waals surface area contributed by atoms with Gasteiger partial charge in [0.25, 0.3) is 0 Å². The second-order valence-electron chi connectivity index (χ2n) is 6.66. The molecule has 0 saturated carbocycles. The van der Waals surface area contributed by atoms with E-state index in [0.717, 1.165) is 88.2 Å². The van der Waals surface area contributed by atoms with Gasteiger partial charge in [-0.3, -0.25) is 0 Å². The number of carbonyl (C=O) groups is 2. The molecule has 0 amide bonds. The van der Waals surface area contributed by atoms with Gasteiger partial charge in [-0.25, -0.2) is 0 Å². The van der Waals surface area contributed by atoms with Crippen molar-refractivity contribution in [2.75, 3.05) is 0 Å². The van der Waals surface area contributed by atoms with Gasteiger partial charge >= 0.3 is 19.5 Å². The summed E-state index contributed by atoms with van der Waals surface area (Å²) in [5.74, 6) is -2.11. The van der Waals surface area contributed by atoms with E-state index in [2.05, 4.69) is 27.7 Å². The first-order valence-corrected chi connectivity index (χ1v) is 10.2. The zero-order valence-corrected chi connectivity index (χ0v) is 20.9. The van der Waals surface area contributed by atoms with Gasteiger partial charge in [-0.15, -0.1) is 0 Å². The molecule has 0 heterocycles. The quantitative estimate of drug-likeness (QED) is 0.306. The molecule has 0 aromatic carbocycles. The fraction of sp³-hybridized carbons (Fsp3) is 0.727.